The number of hydrogen-bond acceptors (Lipinski definition) is 5. The highest BCUT2D eigenvalue weighted by Crippen LogP contribution is 2.43. The van der Waals surface area contributed by atoms with Crippen molar-refractivity contribution in [3.05, 3.63) is 23.9 Å². The molecule has 5 nitrogen and oxygen atoms in total. The van der Waals surface area contributed by atoms with Gasteiger partial charge in [-0.1, -0.05) is 12.2 Å². The molecule has 2 fully saturated rings. The number of allylic oxidation sites excluding steroid dienone is 2. The van der Waals surface area contributed by atoms with E-state index in [1.54, 1.807) is 0 Å². The first kappa shape index (κ1) is 14.0. The number of nitrogen functional groups attached to an aromatic ring is 1. The lowest BCUT2D eigenvalue weighted by Gasteiger charge is -2.37. The summed E-state index contributed by atoms with van der Waals surface area (Å²) in [7, 11) is 0. The molecular formula is C17H25N5. The van der Waals surface area contributed by atoms with Crippen molar-refractivity contribution in [2.24, 2.45) is 17.8 Å². The van der Waals surface area contributed by atoms with Crippen molar-refractivity contribution < 1.29 is 0 Å². The number of rotatable bonds is 3. The fraction of sp³-hybridized carbons (Fsp3) is 0.647. The van der Waals surface area contributed by atoms with Crippen LogP contribution in [0.2, 0.25) is 0 Å². The molecule has 22 heavy (non-hydrogen) atoms. The van der Waals surface area contributed by atoms with E-state index < -0.39 is 0 Å². The van der Waals surface area contributed by atoms with Crippen LogP contribution in [0.1, 0.15) is 18.5 Å². The molecule has 5 heteroatoms. The van der Waals surface area contributed by atoms with E-state index in [2.05, 4.69) is 31.9 Å². The maximum Gasteiger partial charge on any atom is 0.222 e. The molecule has 2 heterocycles. The van der Waals surface area contributed by atoms with Gasteiger partial charge in [0.05, 0.1) is 0 Å². The summed E-state index contributed by atoms with van der Waals surface area (Å²) >= 11 is 0. The Bertz CT molecular complexity index is 556. The molecule has 0 spiro atoms. The Morgan fingerprint density at radius 1 is 1.14 bits per heavy atom. The molecule has 0 radical (unpaired) electrons. The Morgan fingerprint density at radius 2 is 1.95 bits per heavy atom. The van der Waals surface area contributed by atoms with Crippen molar-refractivity contribution in [1.82, 2.24) is 14.9 Å². The molecular weight excluding hydrogens is 274 g/mol. The fourth-order valence-corrected chi connectivity index (χ4v) is 4.33. The van der Waals surface area contributed by atoms with Gasteiger partial charge >= 0.3 is 0 Å². The van der Waals surface area contributed by atoms with Crippen molar-refractivity contribution in [1.29, 1.82) is 0 Å². The lowest BCUT2D eigenvalue weighted by molar-refractivity contribution is 0.204. The van der Waals surface area contributed by atoms with Crippen molar-refractivity contribution >= 4 is 11.8 Å². The number of aryl methyl sites for hydroxylation is 1. The molecule has 1 saturated heterocycles. The van der Waals surface area contributed by atoms with Crippen LogP contribution in [0.15, 0.2) is 18.2 Å². The lowest BCUT2D eigenvalue weighted by atomic mass is 9.93. The normalized spacial score (nSPS) is 31.1. The molecule has 2 bridgehead atoms. The van der Waals surface area contributed by atoms with Crippen LogP contribution in [0.3, 0.4) is 0 Å². The molecule has 1 aromatic heterocycles. The molecule has 2 aliphatic carbocycles. The van der Waals surface area contributed by atoms with Crippen LogP contribution in [-0.2, 0) is 0 Å². The first-order chi connectivity index (χ1) is 10.7. The monoisotopic (exact) mass is 299 g/mol. The molecule has 4 rings (SSSR count). The van der Waals surface area contributed by atoms with Crippen LogP contribution in [0, 0.1) is 24.7 Å². The van der Waals surface area contributed by atoms with Crippen LogP contribution in [-0.4, -0.2) is 47.6 Å². The molecule has 1 saturated carbocycles. The summed E-state index contributed by atoms with van der Waals surface area (Å²) in [5, 5.41) is 0. The molecule has 1 aliphatic heterocycles. The van der Waals surface area contributed by atoms with Gasteiger partial charge < -0.3 is 10.6 Å². The van der Waals surface area contributed by atoms with Gasteiger partial charge in [-0.15, -0.1) is 0 Å². The van der Waals surface area contributed by atoms with E-state index in [1.807, 2.05) is 13.0 Å². The third-order valence-corrected chi connectivity index (χ3v) is 5.46. The van der Waals surface area contributed by atoms with E-state index in [9.17, 15) is 0 Å². The quantitative estimate of drug-likeness (QED) is 0.861. The first-order valence-electron chi connectivity index (χ1n) is 8.44. The zero-order chi connectivity index (χ0) is 15.1. The number of hydrogen-bond donors (Lipinski definition) is 1. The van der Waals surface area contributed by atoms with Gasteiger partial charge in [0.1, 0.15) is 5.82 Å². The van der Waals surface area contributed by atoms with E-state index >= 15 is 0 Å². The van der Waals surface area contributed by atoms with Gasteiger partial charge in [0.2, 0.25) is 5.95 Å². The van der Waals surface area contributed by atoms with Crippen LogP contribution >= 0.6 is 0 Å². The Hall–Kier alpha value is -1.62. The van der Waals surface area contributed by atoms with Crippen LogP contribution < -0.4 is 10.6 Å². The summed E-state index contributed by atoms with van der Waals surface area (Å²) in [4.78, 5) is 13.5. The highest BCUT2D eigenvalue weighted by Gasteiger charge is 2.36. The predicted molar refractivity (Wildman–Crippen MR) is 88.7 cm³/mol. The third kappa shape index (κ3) is 2.70. The second-order valence-corrected chi connectivity index (χ2v) is 7.05. The van der Waals surface area contributed by atoms with Gasteiger partial charge in [0.25, 0.3) is 0 Å². The highest BCUT2D eigenvalue weighted by atomic mass is 15.3. The van der Waals surface area contributed by atoms with Gasteiger partial charge in [-0.2, -0.15) is 4.98 Å². The fourth-order valence-electron chi connectivity index (χ4n) is 4.33. The van der Waals surface area contributed by atoms with Crippen molar-refractivity contribution in [2.75, 3.05) is 43.4 Å². The summed E-state index contributed by atoms with van der Waals surface area (Å²) in [6.45, 7) is 7.56. The third-order valence-electron chi connectivity index (χ3n) is 5.46. The second-order valence-electron chi connectivity index (χ2n) is 7.05. The second kappa shape index (κ2) is 5.54. The molecule has 0 unspecified atom stereocenters. The zero-order valence-electron chi connectivity index (χ0n) is 13.3. The van der Waals surface area contributed by atoms with Gasteiger partial charge in [0, 0.05) is 44.5 Å². The number of nitrogens with two attached hydrogens (primary N) is 1. The number of nitrogens with zero attached hydrogens (tertiary/aromatic N) is 4. The Morgan fingerprint density at radius 3 is 2.59 bits per heavy atom. The topological polar surface area (TPSA) is 58.3 Å². The Balaban J connectivity index is 1.33. The SMILES string of the molecule is Cc1cc(N2CCN(C[C@H]3C[C@@H]4C=C[C@@H]3C4)CC2)nc(N)n1. The number of fused-ring (bicyclic) bond motifs is 2. The minimum absolute atomic E-state index is 0.381. The van der Waals surface area contributed by atoms with Crippen LogP contribution in [0.5, 0.6) is 0 Å². The van der Waals surface area contributed by atoms with E-state index in [0.29, 0.717) is 5.95 Å². The van der Waals surface area contributed by atoms with E-state index in [1.165, 1.54) is 19.4 Å². The number of aromatic nitrogens is 2. The summed E-state index contributed by atoms with van der Waals surface area (Å²) < 4.78 is 0. The van der Waals surface area contributed by atoms with Crippen molar-refractivity contribution in [3.63, 3.8) is 0 Å². The minimum Gasteiger partial charge on any atom is -0.368 e. The van der Waals surface area contributed by atoms with Crippen molar-refractivity contribution in [2.45, 2.75) is 19.8 Å². The summed E-state index contributed by atoms with van der Waals surface area (Å²) in [6, 6.07) is 2.03. The first-order valence-corrected chi connectivity index (χ1v) is 8.44. The molecule has 1 aromatic rings. The minimum atomic E-state index is 0.381. The van der Waals surface area contributed by atoms with Gasteiger partial charge in [-0.3, -0.25) is 4.90 Å². The molecule has 0 amide bonds. The number of piperazine rings is 1. The predicted octanol–water partition coefficient (Wildman–Crippen LogP) is 1.70. The maximum absolute atomic E-state index is 5.77. The van der Waals surface area contributed by atoms with Crippen LogP contribution in [0.4, 0.5) is 11.8 Å². The zero-order valence-corrected chi connectivity index (χ0v) is 13.3. The summed E-state index contributed by atoms with van der Waals surface area (Å²) in [6.07, 6.45) is 7.70. The van der Waals surface area contributed by atoms with Gasteiger partial charge in [-0.25, -0.2) is 4.98 Å². The molecule has 2 N–H and O–H groups in total. The van der Waals surface area contributed by atoms with E-state index in [4.69, 9.17) is 5.73 Å². The molecule has 0 aromatic carbocycles. The Kier molecular flexibility index (Phi) is 3.53. The maximum atomic E-state index is 5.77. The standard InChI is InChI=1S/C17H25N5/c1-12-8-16(20-17(18)19-12)22-6-4-21(5-7-22)11-15-10-13-2-3-14(15)9-13/h2-3,8,13-15H,4-7,9-11H2,1H3,(H2,18,19,20)/t13-,14-,15-/m1/s1. The highest BCUT2D eigenvalue weighted by molar-refractivity contribution is 5.43. The van der Waals surface area contributed by atoms with E-state index in [0.717, 1.165) is 55.4 Å². The summed E-state index contributed by atoms with van der Waals surface area (Å²) in [5.41, 5.74) is 6.71. The molecule has 118 valence electrons. The lowest BCUT2D eigenvalue weighted by Crippen LogP contribution is -2.48. The smallest absolute Gasteiger partial charge is 0.222 e. The average molecular weight is 299 g/mol. The van der Waals surface area contributed by atoms with E-state index in [-0.39, 0.29) is 0 Å². The molecule has 3 atom stereocenters. The molecule has 3 aliphatic rings. The van der Waals surface area contributed by atoms with Gasteiger partial charge in [0.15, 0.2) is 0 Å². The van der Waals surface area contributed by atoms with Crippen molar-refractivity contribution in [3.8, 4) is 0 Å². The average Bonchev–Trinajstić information content (AvgIpc) is 3.09. The summed E-state index contributed by atoms with van der Waals surface area (Å²) in [5.74, 6) is 3.98. The van der Waals surface area contributed by atoms with Gasteiger partial charge in [-0.05, 0) is 37.5 Å². The Labute approximate surface area is 132 Å². The number of anilines is 2. The largest absolute Gasteiger partial charge is 0.368 e. The van der Waals surface area contributed by atoms with Crippen LogP contribution in [0.25, 0.3) is 0 Å².